The molecule has 2 aromatic rings. The van der Waals surface area contributed by atoms with E-state index in [0.29, 0.717) is 18.0 Å². The van der Waals surface area contributed by atoms with Gasteiger partial charge in [0.05, 0.1) is 11.0 Å². The lowest BCUT2D eigenvalue weighted by Crippen LogP contribution is -2.32. The van der Waals surface area contributed by atoms with Gasteiger partial charge in [0.15, 0.2) is 0 Å². The molecule has 0 spiro atoms. The van der Waals surface area contributed by atoms with Crippen LogP contribution in [-0.2, 0) is 19.6 Å². The molecule has 2 aromatic carbocycles. The van der Waals surface area contributed by atoms with E-state index in [1.54, 1.807) is 18.2 Å². The van der Waals surface area contributed by atoms with Gasteiger partial charge in [-0.2, -0.15) is 0 Å². The van der Waals surface area contributed by atoms with Gasteiger partial charge < -0.3 is 15.4 Å². The Morgan fingerprint density at radius 2 is 1.88 bits per heavy atom. The van der Waals surface area contributed by atoms with Crippen LogP contribution in [0.25, 0.3) is 0 Å². The SMILES string of the molecule is Cc1ccc(NC(=O)C2CC2)cc1NC(=O)c1cccc(S(=O)(=O)NCC2CCCO2)c1. The molecule has 1 saturated carbocycles. The lowest BCUT2D eigenvalue weighted by Gasteiger charge is -2.13. The lowest BCUT2D eigenvalue weighted by atomic mass is 10.1. The Labute approximate surface area is 187 Å². The Balaban J connectivity index is 1.45. The van der Waals surface area contributed by atoms with Gasteiger partial charge in [0.1, 0.15) is 0 Å². The number of anilines is 2. The fourth-order valence-electron chi connectivity index (χ4n) is 3.51. The van der Waals surface area contributed by atoms with Gasteiger partial charge in [0.2, 0.25) is 15.9 Å². The van der Waals surface area contributed by atoms with Gasteiger partial charge in [-0.25, -0.2) is 13.1 Å². The first-order valence-electron chi connectivity index (χ1n) is 10.8. The summed E-state index contributed by atoms with van der Waals surface area (Å²) in [6.45, 7) is 2.70. The number of amides is 2. The van der Waals surface area contributed by atoms with Crippen molar-refractivity contribution in [1.82, 2.24) is 4.72 Å². The number of rotatable bonds is 8. The van der Waals surface area contributed by atoms with E-state index in [-0.39, 0.29) is 34.9 Å². The van der Waals surface area contributed by atoms with Gasteiger partial charge in [-0.05, 0) is 68.5 Å². The van der Waals surface area contributed by atoms with Crippen LogP contribution < -0.4 is 15.4 Å². The molecule has 0 bridgehead atoms. The molecule has 3 N–H and O–H groups in total. The first kappa shape index (κ1) is 22.4. The summed E-state index contributed by atoms with van der Waals surface area (Å²) in [6, 6.07) is 11.2. The van der Waals surface area contributed by atoms with Crippen LogP contribution in [0.5, 0.6) is 0 Å². The molecule has 0 aromatic heterocycles. The zero-order valence-corrected chi connectivity index (χ0v) is 18.7. The van der Waals surface area contributed by atoms with E-state index in [1.165, 1.54) is 18.2 Å². The maximum Gasteiger partial charge on any atom is 0.255 e. The minimum absolute atomic E-state index is 0.0143. The second-order valence-corrected chi connectivity index (χ2v) is 10.0. The number of hydrogen-bond donors (Lipinski definition) is 3. The normalized spacial score (nSPS) is 18.3. The van der Waals surface area contributed by atoms with E-state index in [1.807, 2.05) is 13.0 Å². The van der Waals surface area contributed by atoms with Crippen molar-refractivity contribution in [2.75, 3.05) is 23.8 Å². The highest BCUT2D eigenvalue weighted by atomic mass is 32.2. The van der Waals surface area contributed by atoms with Crippen LogP contribution in [-0.4, -0.2) is 39.5 Å². The predicted octanol–water partition coefficient (Wildman–Crippen LogP) is 3.05. The van der Waals surface area contributed by atoms with Crippen LogP contribution in [0.2, 0.25) is 0 Å². The van der Waals surface area contributed by atoms with Gasteiger partial charge in [-0.1, -0.05) is 12.1 Å². The highest BCUT2D eigenvalue weighted by Gasteiger charge is 2.29. The molecule has 1 saturated heterocycles. The smallest absolute Gasteiger partial charge is 0.255 e. The predicted molar refractivity (Wildman–Crippen MR) is 121 cm³/mol. The van der Waals surface area contributed by atoms with Crippen LogP contribution in [0.15, 0.2) is 47.4 Å². The molecule has 1 heterocycles. The number of carbonyl (C=O) groups is 2. The van der Waals surface area contributed by atoms with Crippen molar-refractivity contribution in [3.05, 3.63) is 53.6 Å². The summed E-state index contributed by atoms with van der Waals surface area (Å²) in [6.07, 6.45) is 3.44. The average molecular weight is 458 g/mol. The third-order valence-corrected chi connectivity index (χ3v) is 7.05. The topological polar surface area (TPSA) is 114 Å². The third kappa shape index (κ3) is 5.53. The highest BCUT2D eigenvalue weighted by molar-refractivity contribution is 7.89. The number of sulfonamides is 1. The summed E-state index contributed by atoms with van der Waals surface area (Å²) in [5.41, 5.74) is 2.20. The highest BCUT2D eigenvalue weighted by Crippen LogP contribution is 2.31. The van der Waals surface area contributed by atoms with E-state index in [9.17, 15) is 18.0 Å². The van der Waals surface area contributed by atoms with Crippen molar-refractivity contribution in [2.45, 2.75) is 43.6 Å². The van der Waals surface area contributed by atoms with Crippen molar-refractivity contribution in [1.29, 1.82) is 0 Å². The van der Waals surface area contributed by atoms with Crippen LogP contribution in [0.3, 0.4) is 0 Å². The number of aryl methyl sites for hydroxylation is 1. The first-order chi connectivity index (χ1) is 15.3. The fourth-order valence-corrected chi connectivity index (χ4v) is 4.63. The average Bonchev–Trinajstić information content (AvgIpc) is 3.50. The minimum Gasteiger partial charge on any atom is -0.377 e. The molecule has 9 heteroatoms. The second-order valence-electron chi connectivity index (χ2n) is 8.26. The Morgan fingerprint density at radius 3 is 2.59 bits per heavy atom. The molecule has 1 unspecified atom stereocenters. The van der Waals surface area contributed by atoms with E-state index in [4.69, 9.17) is 4.74 Å². The minimum atomic E-state index is -3.76. The zero-order valence-electron chi connectivity index (χ0n) is 17.9. The van der Waals surface area contributed by atoms with Crippen molar-refractivity contribution in [3.8, 4) is 0 Å². The monoisotopic (exact) mass is 457 g/mol. The largest absolute Gasteiger partial charge is 0.377 e. The Kier molecular flexibility index (Phi) is 6.59. The molecule has 1 atom stereocenters. The molecular weight excluding hydrogens is 430 g/mol. The van der Waals surface area contributed by atoms with E-state index in [0.717, 1.165) is 31.2 Å². The fraction of sp³-hybridized carbons (Fsp3) is 0.391. The quantitative estimate of drug-likeness (QED) is 0.564. The Bertz CT molecular complexity index is 1120. The van der Waals surface area contributed by atoms with Crippen molar-refractivity contribution in [2.24, 2.45) is 5.92 Å². The van der Waals surface area contributed by atoms with Gasteiger partial charge in [0.25, 0.3) is 5.91 Å². The second kappa shape index (κ2) is 9.40. The zero-order chi connectivity index (χ0) is 22.7. The maximum atomic E-state index is 12.8. The van der Waals surface area contributed by atoms with Crippen LogP contribution in [0.1, 0.15) is 41.6 Å². The molecule has 1 aliphatic heterocycles. The summed E-state index contributed by atoms with van der Waals surface area (Å²) < 4.78 is 33.3. The van der Waals surface area contributed by atoms with Gasteiger partial charge in [0, 0.05) is 36.0 Å². The molecule has 32 heavy (non-hydrogen) atoms. The number of ether oxygens (including phenoxy) is 1. The Hall–Kier alpha value is -2.75. The number of benzene rings is 2. The van der Waals surface area contributed by atoms with Gasteiger partial charge in [-0.15, -0.1) is 0 Å². The van der Waals surface area contributed by atoms with Crippen LogP contribution in [0.4, 0.5) is 11.4 Å². The van der Waals surface area contributed by atoms with Gasteiger partial charge in [-0.3, -0.25) is 9.59 Å². The lowest BCUT2D eigenvalue weighted by molar-refractivity contribution is -0.117. The van der Waals surface area contributed by atoms with E-state index in [2.05, 4.69) is 15.4 Å². The van der Waals surface area contributed by atoms with Crippen molar-refractivity contribution >= 4 is 33.2 Å². The summed E-state index contributed by atoms with van der Waals surface area (Å²) >= 11 is 0. The molecule has 8 nitrogen and oxygen atoms in total. The molecule has 4 rings (SSSR count). The first-order valence-corrected chi connectivity index (χ1v) is 12.2. The molecule has 2 fully saturated rings. The maximum absolute atomic E-state index is 12.8. The molecule has 0 radical (unpaired) electrons. The molecule has 2 aliphatic rings. The third-order valence-electron chi connectivity index (χ3n) is 5.63. The number of hydrogen-bond acceptors (Lipinski definition) is 5. The standard InChI is InChI=1S/C23H27N3O5S/c1-15-7-10-18(25-22(27)16-8-9-16)13-21(15)26-23(28)17-4-2-6-20(12-17)32(29,30)24-14-19-5-3-11-31-19/h2,4,6-7,10,12-13,16,19,24H,3,5,8-9,11,14H2,1H3,(H,25,27)(H,26,28). The summed E-state index contributed by atoms with van der Waals surface area (Å²) in [7, 11) is -3.76. The summed E-state index contributed by atoms with van der Waals surface area (Å²) in [5, 5.41) is 5.68. The summed E-state index contributed by atoms with van der Waals surface area (Å²) in [4.78, 5) is 24.9. The number of carbonyl (C=O) groups excluding carboxylic acids is 2. The van der Waals surface area contributed by atoms with Crippen LogP contribution in [0, 0.1) is 12.8 Å². The molecule has 170 valence electrons. The van der Waals surface area contributed by atoms with Crippen molar-refractivity contribution < 1.29 is 22.7 Å². The molecular formula is C23H27N3O5S. The van der Waals surface area contributed by atoms with E-state index < -0.39 is 15.9 Å². The van der Waals surface area contributed by atoms with Crippen LogP contribution >= 0.6 is 0 Å². The van der Waals surface area contributed by atoms with E-state index >= 15 is 0 Å². The van der Waals surface area contributed by atoms with Crippen molar-refractivity contribution in [3.63, 3.8) is 0 Å². The number of nitrogens with one attached hydrogen (secondary N) is 3. The Morgan fingerprint density at radius 1 is 1.06 bits per heavy atom. The summed E-state index contributed by atoms with van der Waals surface area (Å²) in [5.74, 6) is -0.373. The molecule has 1 aliphatic carbocycles. The van der Waals surface area contributed by atoms with Gasteiger partial charge >= 0.3 is 0 Å². The molecule has 2 amide bonds.